The van der Waals surface area contributed by atoms with Crippen molar-refractivity contribution < 1.29 is 0 Å². The zero-order chi connectivity index (χ0) is 45.4. The maximum absolute atomic E-state index is 5.16. The molecule has 5 nitrogen and oxygen atoms in total. The molecule has 0 spiro atoms. The molecule has 0 amide bonds. The van der Waals surface area contributed by atoms with Gasteiger partial charge in [0.25, 0.3) is 0 Å². The van der Waals surface area contributed by atoms with Crippen LogP contribution in [0.3, 0.4) is 0 Å². The summed E-state index contributed by atoms with van der Waals surface area (Å²) < 4.78 is 7.45. The van der Waals surface area contributed by atoms with E-state index in [1.165, 1.54) is 69.4 Å². The first-order chi connectivity index (χ1) is 34.2. The van der Waals surface area contributed by atoms with Crippen molar-refractivity contribution in [1.29, 1.82) is 0 Å². The van der Waals surface area contributed by atoms with Crippen molar-refractivity contribution in [3.05, 3.63) is 237 Å². The van der Waals surface area contributed by atoms with Gasteiger partial charge < -0.3 is 9.13 Å². The Hall–Kier alpha value is -8.97. The fraction of sp³-hybridized carbons (Fsp3) is 0. The van der Waals surface area contributed by atoms with Crippen molar-refractivity contribution in [1.82, 2.24) is 24.1 Å². The second-order valence-electron chi connectivity index (χ2n) is 17.6. The summed E-state index contributed by atoms with van der Waals surface area (Å²) in [4.78, 5) is 15.4. The van der Waals surface area contributed by atoms with E-state index in [9.17, 15) is 0 Å². The topological polar surface area (TPSA) is 48.5 Å². The molecule has 322 valence electrons. The molecule has 0 unspecified atom stereocenters. The molecule has 0 bridgehead atoms. The number of rotatable bonds is 7. The highest BCUT2D eigenvalue weighted by atomic mass is 32.1. The fourth-order valence-electron chi connectivity index (χ4n) is 10.3. The number of hydrogen-bond donors (Lipinski definition) is 0. The smallest absolute Gasteiger partial charge is 0.164 e. The molecular weight excluding hydrogens is 859 g/mol. The molecule has 0 fully saturated rings. The molecule has 4 aromatic heterocycles. The van der Waals surface area contributed by atoms with E-state index in [1.54, 1.807) is 0 Å². The zero-order valence-corrected chi connectivity index (χ0v) is 38.0. The van der Waals surface area contributed by atoms with Gasteiger partial charge in [-0.25, -0.2) is 15.0 Å². The number of nitrogens with zero attached hydrogens (tertiary/aromatic N) is 5. The first-order valence-corrected chi connectivity index (χ1v) is 24.1. The molecule has 0 saturated carbocycles. The first kappa shape index (κ1) is 39.2. The highest BCUT2D eigenvalue weighted by Gasteiger charge is 2.22. The van der Waals surface area contributed by atoms with Gasteiger partial charge >= 0.3 is 0 Å². The van der Waals surface area contributed by atoms with E-state index in [0.717, 1.165) is 44.7 Å². The molecule has 69 heavy (non-hydrogen) atoms. The SMILES string of the molecule is c1ccc(-c2ccc(-c3nc(-c4ccc(-c5ccccc5)cc4)nc(-c4ccc(-n5c6ccccc6c6ccc7c8ccc9c%10ccccc%10n(-c%10ccccc%10)c9c8sc7c65)cc4)n3)cc2)cc1. The van der Waals surface area contributed by atoms with Crippen LogP contribution in [-0.4, -0.2) is 24.1 Å². The van der Waals surface area contributed by atoms with Gasteiger partial charge in [0.2, 0.25) is 0 Å². The van der Waals surface area contributed by atoms with Crippen molar-refractivity contribution in [3.63, 3.8) is 0 Å². The lowest BCUT2D eigenvalue weighted by Gasteiger charge is -2.11. The third-order valence-corrected chi connectivity index (χ3v) is 14.8. The Kier molecular flexibility index (Phi) is 9.00. The largest absolute Gasteiger partial charge is 0.308 e. The molecule has 0 N–H and O–H groups in total. The molecule has 6 heteroatoms. The molecule has 0 aliphatic carbocycles. The van der Waals surface area contributed by atoms with Gasteiger partial charge in [-0.05, 0) is 70.8 Å². The van der Waals surface area contributed by atoms with Gasteiger partial charge in [0, 0.05) is 60.4 Å². The quantitative estimate of drug-likeness (QED) is 0.160. The van der Waals surface area contributed by atoms with Crippen molar-refractivity contribution in [2.45, 2.75) is 0 Å². The van der Waals surface area contributed by atoms with E-state index < -0.39 is 0 Å². The minimum absolute atomic E-state index is 0.618. The Morgan fingerprint density at radius 3 is 1.00 bits per heavy atom. The molecule has 14 aromatic rings. The van der Waals surface area contributed by atoms with Crippen LogP contribution in [0.1, 0.15) is 0 Å². The Bertz CT molecular complexity index is 4150. The summed E-state index contributed by atoms with van der Waals surface area (Å²) in [6, 6.07) is 84.2. The van der Waals surface area contributed by atoms with Crippen LogP contribution in [0.2, 0.25) is 0 Å². The second kappa shape index (κ2) is 15.8. The number of benzene rings is 10. The predicted molar refractivity (Wildman–Crippen MR) is 289 cm³/mol. The van der Waals surface area contributed by atoms with Crippen molar-refractivity contribution >= 4 is 75.1 Å². The minimum Gasteiger partial charge on any atom is -0.308 e. The second-order valence-corrected chi connectivity index (χ2v) is 18.6. The van der Waals surface area contributed by atoms with Gasteiger partial charge in [-0.3, -0.25) is 0 Å². The van der Waals surface area contributed by atoms with Crippen LogP contribution < -0.4 is 0 Å². The van der Waals surface area contributed by atoms with Gasteiger partial charge in [-0.15, -0.1) is 11.3 Å². The Morgan fingerprint density at radius 1 is 0.246 bits per heavy atom. The predicted octanol–water partition coefficient (Wildman–Crippen LogP) is 16.8. The number of para-hydroxylation sites is 3. The summed E-state index contributed by atoms with van der Waals surface area (Å²) >= 11 is 1.90. The lowest BCUT2D eigenvalue weighted by molar-refractivity contribution is 1.07. The van der Waals surface area contributed by atoms with Crippen LogP contribution in [0, 0.1) is 0 Å². The summed E-state index contributed by atoms with van der Waals surface area (Å²) in [5.74, 6) is 1.87. The third kappa shape index (κ3) is 6.41. The fourth-order valence-corrected chi connectivity index (χ4v) is 11.7. The molecule has 0 atom stereocenters. The Balaban J connectivity index is 0.925. The molecule has 0 saturated heterocycles. The van der Waals surface area contributed by atoms with Gasteiger partial charge in [0.05, 0.1) is 31.5 Å². The monoisotopic (exact) mass is 897 g/mol. The van der Waals surface area contributed by atoms with E-state index in [1.807, 2.05) is 23.5 Å². The van der Waals surface area contributed by atoms with Gasteiger partial charge in [0.15, 0.2) is 17.5 Å². The van der Waals surface area contributed by atoms with E-state index in [4.69, 9.17) is 15.0 Å². The van der Waals surface area contributed by atoms with Gasteiger partial charge in [-0.2, -0.15) is 0 Å². The Morgan fingerprint density at radius 2 is 0.565 bits per heavy atom. The molecule has 0 aliphatic rings. The van der Waals surface area contributed by atoms with Crippen LogP contribution in [-0.2, 0) is 0 Å². The summed E-state index contributed by atoms with van der Waals surface area (Å²) in [5.41, 5.74) is 14.4. The third-order valence-electron chi connectivity index (χ3n) is 13.6. The average Bonchev–Trinajstić information content (AvgIpc) is 4.10. The first-order valence-electron chi connectivity index (χ1n) is 23.3. The number of fused-ring (bicyclic) bond motifs is 11. The maximum Gasteiger partial charge on any atom is 0.164 e. The van der Waals surface area contributed by atoms with Crippen LogP contribution in [0.15, 0.2) is 237 Å². The molecular formula is C63H39N5S. The van der Waals surface area contributed by atoms with Crippen LogP contribution in [0.4, 0.5) is 0 Å². The molecule has 10 aromatic carbocycles. The molecule has 14 rings (SSSR count). The van der Waals surface area contributed by atoms with Gasteiger partial charge in [0.1, 0.15) is 0 Å². The normalized spacial score (nSPS) is 11.8. The summed E-state index contributed by atoms with van der Waals surface area (Å²) in [6.45, 7) is 0. The van der Waals surface area contributed by atoms with E-state index in [-0.39, 0.29) is 0 Å². The molecule has 4 heterocycles. The minimum atomic E-state index is 0.618. The summed E-state index contributed by atoms with van der Waals surface area (Å²) in [7, 11) is 0. The summed E-state index contributed by atoms with van der Waals surface area (Å²) in [6.07, 6.45) is 0. The maximum atomic E-state index is 5.16. The lowest BCUT2D eigenvalue weighted by atomic mass is 10.0. The number of thiophene rings is 1. The highest BCUT2D eigenvalue weighted by molar-refractivity contribution is 7.27. The number of hydrogen-bond acceptors (Lipinski definition) is 4. The van der Waals surface area contributed by atoms with Crippen LogP contribution >= 0.6 is 11.3 Å². The van der Waals surface area contributed by atoms with Gasteiger partial charge in [-0.1, -0.05) is 188 Å². The Labute approximate surface area is 401 Å². The lowest BCUT2D eigenvalue weighted by Crippen LogP contribution is -2.00. The standard InChI is InChI=1S/C63H39N5S/c1-4-14-40(15-5-1)42-24-28-44(29-25-42)61-64-62(45-30-26-43(27-31-45)41-16-6-2-7-17-41)66-63(65-61)46-32-34-48(35-33-46)68-56-23-13-11-21-50(56)52-37-39-54-53-38-36-51-49-20-10-12-22-55(49)67(47-18-8-3-9-19-47)57(51)59(53)69-60(54)58(52)68/h1-39H. The summed E-state index contributed by atoms with van der Waals surface area (Å²) in [5, 5.41) is 7.50. The average molecular weight is 898 g/mol. The van der Waals surface area contributed by atoms with E-state index >= 15 is 0 Å². The van der Waals surface area contributed by atoms with Crippen molar-refractivity contribution in [2.24, 2.45) is 0 Å². The molecule has 0 aliphatic heterocycles. The van der Waals surface area contributed by atoms with Crippen LogP contribution in [0.5, 0.6) is 0 Å². The highest BCUT2D eigenvalue weighted by Crippen LogP contribution is 2.47. The van der Waals surface area contributed by atoms with Crippen LogP contribution in [0.25, 0.3) is 132 Å². The zero-order valence-electron chi connectivity index (χ0n) is 37.2. The van der Waals surface area contributed by atoms with Crippen molar-refractivity contribution in [2.75, 3.05) is 0 Å². The van der Waals surface area contributed by atoms with E-state index in [2.05, 4.69) is 234 Å². The van der Waals surface area contributed by atoms with Crippen molar-refractivity contribution in [3.8, 4) is 67.8 Å². The number of aromatic nitrogens is 5. The van der Waals surface area contributed by atoms with E-state index in [0.29, 0.717) is 17.5 Å². The molecule has 0 radical (unpaired) electrons.